The number of benzene rings is 16. The Morgan fingerprint density at radius 3 is 1.21 bits per heavy atom. The van der Waals surface area contributed by atoms with E-state index in [1.54, 1.807) is 0 Å². The van der Waals surface area contributed by atoms with Crippen LogP contribution in [0.4, 0.5) is 34.1 Å². The van der Waals surface area contributed by atoms with Crippen molar-refractivity contribution in [3.05, 3.63) is 397 Å². The molecule has 16 aromatic carbocycles. The predicted molar refractivity (Wildman–Crippen MR) is 484 cm³/mol. The molecule has 0 N–H and O–H groups in total. The van der Waals surface area contributed by atoms with E-state index >= 15 is 0 Å². The largest absolute Gasteiger partial charge is 0.459 e. The summed E-state index contributed by atoms with van der Waals surface area (Å²) >= 11 is 0. The molecule has 0 saturated carbocycles. The quantitative estimate of drug-likeness (QED) is 0.127. The summed E-state index contributed by atoms with van der Waals surface area (Å²) in [4.78, 5) is 5.31. The highest BCUT2D eigenvalue weighted by Gasteiger charge is 2.53. The maximum Gasteiger partial charge on any atom is 0.260 e. The first-order valence-electron chi connectivity index (χ1n) is 40.7. The average Bonchev–Trinajstić information content (AvgIpc) is 1.18. The Bertz CT molecular complexity index is 6540. The summed E-state index contributed by atoms with van der Waals surface area (Å²) < 4.78 is 16.6. The van der Waals surface area contributed by atoms with Crippen LogP contribution in [-0.2, 0) is 21.7 Å². The predicted octanol–water partition coefficient (Wildman–Crippen LogP) is 24.8. The fourth-order valence-electron chi connectivity index (χ4n) is 19.4. The lowest BCUT2D eigenvalue weighted by Gasteiger charge is -2.47. The molecule has 0 unspecified atom stereocenters. The molecule has 16 aromatic rings. The summed E-state index contributed by atoms with van der Waals surface area (Å²) in [5.74, 6) is 3.20. The molecule has 0 bridgehead atoms. The maximum absolute atomic E-state index is 8.34. The summed E-state index contributed by atoms with van der Waals surface area (Å²) in [5.41, 5.74) is 36.2. The first-order chi connectivity index (χ1) is 55.9. The number of hydrogen-bond donors (Lipinski definition) is 0. The number of hydrogen-bond acceptors (Lipinski definition) is 4. The van der Waals surface area contributed by atoms with Crippen LogP contribution >= 0.6 is 0 Å². The van der Waals surface area contributed by atoms with Gasteiger partial charge in [-0.2, -0.15) is 0 Å². The van der Waals surface area contributed by atoms with Crippen molar-refractivity contribution in [1.82, 2.24) is 0 Å². The standard InChI is InChI=1S/C109H86B2N2O2/c1-106(2,3)80-52-55-83(72-39-23-13-24-40-72)93(64-80)112-95-63-75(70-35-19-11-20-36-70)50-57-90(95)111-101-96(112)66-82(108(7,8)9)67-97(101)113(94-65-81(107(4,5)6)53-56-84(94)73-41-25-14-26-42-73)98-68-100-103-105(102(98)111)114-99-58-51-74(69-33-17-10-18-34-69)61-91(99)110(103)92-62-77(71-37-21-12-22-38-71)59-87(104(92)115-100)76-49-54-86-85-47-31-32-48-88(85)109(89(86)60-76,78-43-27-15-28-44-78)79-45-29-16-30-46-79/h10-68H,1-9H3. The molecule has 0 atom stereocenters. The van der Waals surface area contributed by atoms with Crippen LogP contribution in [0.2, 0.25) is 0 Å². The van der Waals surface area contributed by atoms with Crippen LogP contribution in [0.25, 0.3) is 77.9 Å². The van der Waals surface area contributed by atoms with E-state index in [2.05, 4.69) is 430 Å². The number of ether oxygens (including phenoxy) is 2. The van der Waals surface area contributed by atoms with E-state index in [0.717, 1.165) is 146 Å². The summed E-state index contributed by atoms with van der Waals surface area (Å²) in [7, 11) is 0. The molecule has 21 rings (SSSR count). The van der Waals surface area contributed by atoms with Gasteiger partial charge in [-0.15, -0.1) is 0 Å². The smallest absolute Gasteiger partial charge is 0.260 e. The van der Waals surface area contributed by atoms with Crippen molar-refractivity contribution in [2.24, 2.45) is 0 Å². The first kappa shape index (κ1) is 69.8. The van der Waals surface area contributed by atoms with Crippen LogP contribution in [0.5, 0.6) is 23.0 Å². The van der Waals surface area contributed by atoms with Gasteiger partial charge in [0.25, 0.3) is 13.4 Å². The zero-order valence-electron chi connectivity index (χ0n) is 66.4. The SMILES string of the molecule is CC(C)(C)c1ccc(-c2ccccc2)c(N2c3cc(-c4ccccc4)ccc3B3c4c2cc(C(C)(C)C)cc4N(c2cc(C(C)(C)C)ccc2-c2ccccc2)c2cc4c5c(c23)Oc2ccc(-c3ccccc3)cc2B5c2cc(-c3ccccc3)cc(-c3ccc5c(c3)C(c3ccccc3)(c3ccccc3)c3ccccc3-5)c2O4)c1. The fraction of sp³-hybridized carbons (Fsp3) is 0.119. The molecule has 4 heterocycles. The van der Waals surface area contributed by atoms with Gasteiger partial charge in [0.15, 0.2) is 0 Å². The third-order valence-corrected chi connectivity index (χ3v) is 25.1. The molecule has 6 heteroatoms. The van der Waals surface area contributed by atoms with Crippen molar-refractivity contribution in [2.75, 3.05) is 9.80 Å². The number of rotatable bonds is 10. The van der Waals surface area contributed by atoms with Gasteiger partial charge in [-0.3, -0.25) is 0 Å². The van der Waals surface area contributed by atoms with E-state index in [1.165, 1.54) is 61.0 Å². The molecule has 550 valence electrons. The lowest BCUT2D eigenvalue weighted by molar-refractivity contribution is 0.468. The molecule has 0 amide bonds. The fourth-order valence-corrected chi connectivity index (χ4v) is 19.4. The highest BCUT2D eigenvalue weighted by Crippen LogP contribution is 2.59. The second-order valence-corrected chi connectivity index (χ2v) is 35.0. The van der Waals surface area contributed by atoms with Gasteiger partial charge >= 0.3 is 0 Å². The molecular weight excluding hydrogens is 1390 g/mol. The molecule has 1 aliphatic carbocycles. The van der Waals surface area contributed by atoms with E-state index in [9.17, 15) is 0 Å². The minimum atomic E-state index is -0.648. The van der Waals surface area contributed by atoms with Gasteiger partial charge in [0, 0.05) is 51.0 Å². The molecule has 115 heavy (non-hydrogen) atoms. The van der Waals surface area contributed by atoms with E-state index in [0.29, 0.717) is 0 Å². The third-order valence-electron chi connectivity index (χ3n) is 25.1. The zero-order valence-corrected chi connectivity index (χ0v) is 66.4. The Kier molecular flexibility index (Phi) is 16.1. The highest BCUT2D eigenvalue weighted by atomic mass is 16.5. The van der Waals surface area contributed by atoms with E-state index in [-0.39, 0.29) is 23.0 Å². The Balaban J connectivity index is 0.904. The van der Waals surface area contributed by atoms with Gasteiger partial charge < -0.3 is 19.3 Å². The summed E-state index contributed by atoms with van der Waals surface area (Å²) in [5, 5.41) is 0. The van der Waals surface area contributed by atoms with Gasteiger partial charge in [0.1, 0.15) is 23.0 Å². The Morgan fingerprint density at radius 2 is 0.661 bits per heavy atom. The van der Waals surface area contributed by atoms with Gasteiger partial charge in [0.2, 0.25) is 0 Å². The minimum Gasteiger partial charge on any atom is -0.459 e. The molecule has 4 nitrogen and oxygen atoms in total. The Morgan fingerprint density at radius 1 is 0.235 bits per heavy atom. The molecule has 5 aliphatic rings. The second kappa shape index (κ2) is 26.5. The Labute approximate surface area is 676 Å². The molecule has 0 radical (unpaired) electrons. The number of anilines is 6. The van der Waals surface area contributed by atoms with E-state index < -0.39 is 12.1 Å². The average molecular weight is 1480 g/mol. The highest BCUT2D eigenvalue weighted by molar-refractivity contribution is 7.03. The maximum atomic E-state index is 8.34. The van der Waals surface area contributed by atoms with Crippen molar-refractivity contribution in [2.45, 2.75) is 84.0 Å². The molecular formula is C109H86B2N2O2. The van der Waals surface area contributed by atoms with Crippen LogP contribution < -0.4 is 52.1 Å². The van der Waals surface area contributed by atoms with Crippen LogP contribution in [0.1, 0.15) is 101 Å². The second-order valence-electron chi connectivity index (χ2n) is 35.0. The van der Waals surface area contributed by atoms with Crippen molar-refractivity contribution < 1.29 is 9.47 Å². The number of nitrogens with zero attached hydrogens (tertiary/aromatic N) is 2. The van der Waals surface area contributed by atoms with Crippen LogP contribution in [0.3, 0.4) is 0 Å². The van der Waals surface area contributed by atoms with Crippen molar-refractivity contribution >= 4 is 80.3 Å². The summed E-state index contributed by atoms with van der Waals surface area (Å²) in [6.45, 7) is 20.4. The van der Waals surface area contributed by atoms with Crippen LogP contribution in [-0.4, -0.2) is 13.4 Å². The van der Waals surface area contributed by atoms with Crippen LogP contribution in [0, 0.1) is 0 Å². The molecule has 0 saturated heterocycles. The topological polar surface area (TPSA) is 24.9 Å². The van der Waals surface area contributed by atoms with Crippen molar-refractivity contribution in [1.29, 1.82) is 0 Å². The first-order valence-corrected chi connectivity index (χ1v) is 40.7. The monoisotopic (exact) mass is 1480 g/mol. The van der Waals surface area contributed by atoms with Gasteiger partial charge in [-0.05, 0) is 192 Å². The molecule has 4 aliphatic heterocycles. The molecule has 0 fully saturated rings. The zero-order chi connectivity index (χ0) is 77.8. The normalized spacial score (nSPS) is 13.7. The van der Waals surface area contributed by atoms with Crippen molar-refractivity contribution in [3.63, 3.8) is 0 Å². The minimum absolute atomic E-state index is 0.188. The lowest BCUT2D eigenvalue weighted by Crippen LogP contribution is -2.65. The van der Waals surface area contributed by atoms with Gasteiger partial charge in [-0.25, -0.2) is 0 Å². The van der Waals surface area contributed by atoms with Crippen LogP contribution in [0.15, 0.2) is 358 Å². The number of fused-ring (bicyclic) bond motifs is 12. The summed E-state index contributed by atoms with van der Waals surface area (Å²) in [6, 6.07) is 135. The Hall–Kier alpha value is -13.2. The molecule has 0 aromatic heterocycles. The lowest BCUT2D eigenvalue weighted by atomic mass is 9.30. The third kappa shape index (κ3) is 11.2. The van der Waals surface area contributed by atoms with Crippen molar-refractivity contribution in [3.8, 4) is 101 Å². The van der Waals surface area contributed by atoms with E-state index in [1.807, 2.05) is 0 Å². The van der Waals surface area contributed by atoms with Gasteiger partial charge in [-0.1, -0.05) is 366 Å². The molecule has 0 spiro atoms. The van der Waals surface area contributed by atoms with Gasteiger partial charge in [0.05, 0.1) is 16.8 Å². The van der Waals surface area contributed by atoms with E-state index in [4.69, 9.17) is 9.47 Å². The summed E-state index contributed by atoms with van der Waals surface area (Å²) in [6.07, 6.45) is 0.